The van der Waals surface area contributed by atoms with Crippen LogP contribution in [0.2, 0.25) is 0 Å². The number of nitro groups is 1. The highest BCUT2D eigenvalue weighted by Crippen LogP contribution is 2.19. The first-order valence-electron chi connectivity index (χ1n) is 7.85. The monoisotopic (exact) mass is 371 g/mol. The van der Waals surface area contributed by atoms with Gasteiger partial charge in [-0.1, -0.05) is 19.9 Å². The number of nitrogens with one attached hydrogen (secondary N) is 1. The normalized spacial score (nSPS) is 16.7. The second kappa shape index (κ2) is 7.89. The van der Waals surface area contributed by atoms with Crippen LogP contribution in [0.3, 0.4) is 0 Å². The molecule has 1 N–H and O–H groups in total. The summed E-state index contributed by atoms with van der Waals surface area (Å²) in [6, 6.07) is 3.77. The molecule has 1 heterocycles. The van der Waals surface area contributed by atoms with Gasteiger partial charge in [0.25, 0.3) is 5.69 Å². The quantitative estimate of drug-likeness (QED) is 0.582. The summed E-state index contributed by atoms with van der Waals surface area (Å²) in [4.78, 5) is 24.1. The van der Waals surface area contributed by atoms with Gasteiger partial charge in [0.05, 0.1) is 23.0 Å². The second-order valence-electron chi connectivity index (χ2n) is 6.04. The van der Waals surface area contributed by atoms with E-state index in [0.29, 0.717) is 26.3 Å². The fourth-order valence-electron chi connectivity index (χ4n) is 2.45. The Bertz CT molecular complexity index is 743. The van der Waals surface area contributed by atoms with E-state index in [2.05, 4.69) is 4.72 Å². The van der Waals surface area contributed by atoms with Gasteiger partial charge in [-0.15, -0.1) is 0 Å². The summed E-state index contributed by atoms with van der Waals surface area (Å²) in [7, 11) is -4.08. The molecule has 0 bridgehead atoms. The predicted molar refractivity (Wildman–Crippen MR) is 89.4 cm³/mol. The lowest BCUT2D eigenvalue weighted by atomic mass is 10.0. The molecule has 1 aliphatic heterocycles. The summed E-state index contributed by atoms with van der Waals surface area (Å²) in [5.74, 6) is -0.615. The summed E-state index contributed by atoms with van der Waals surface area (Å²) in [5.41, 5.74) is -0.330. The molecule has 1 aliphatic rings. The number of sulfonamides is 1. The minimum atomic E-state index is -4.08. The van der Waals surface area contributed by atoms with E-state index in [1.165, 1.54) is 18.2 Å². The molecule has 0 radical (unpaired) electrons. The van der Waals surface area contributed by atoms with Gasteiger partial charge in [0.15, 0.2) is 0 Å². The van der Waals surface area contributed by atoms with Crippen LogP contribution in [0, 0.1) is 16.0 Å². The van der Waals surface area contributed by atoms with Gasteiger partial charge in [-0.05, 0) is 12.0 Å². The highest BCUT2D eigenvalue weighted by Gasteiger charge is 2.32. The van der Waals surface area contributed by atoms with Crippen LogP contribution in [0.25, 0.3) is 0 Å². The number of benzene rings is 1. The Hall–Kier alpha value is -2.04. The van der Waals surface area contributed by atoms with E-state index in [4.69, 9.17) is 4.74 Å². The minimum Gasteiger partial charge on any atom is -0.378 e. The van der Waals surface area contributed by atoms with Crippen LogP contribution in [-0.2, 0) is 19.6 Å². The molecule has 0 aromatic heterocycles. The summed E-state index contributed by atoms with van der Waals surface area (Å²) in [6.07, 6.45) is 0. The summed E-state index contributed by atoms with van der Waals surface area (Å²) in [5, 5.41) is 10.8. The Balaban J connectivity index is 2.24. The minimum absolute atomic E-state index is 0.248. The molecule has 0 unspecified atom stereocenters. The highest BCUT2D eigenvalue weighted by atomic mass is 32.2. The van der Waals surface area contributed by atoms with Gasteiger partial charge in [-0.25, -0.2) is 8.42 Å². The molecule has 25 heavy (non-hydrogen) atoms. The molecule has 138 valence electrons. The lowest BCUT2D eigenvalue weighted by molar-refractivity contribution is -0.385. The van der Waals surface area contributed by atoms with Crippen LogP contribution in [0.1, 0.15) is 13.8 Å². The third-order valence-corrected chi connectivity index (χ3v) is 5.32. The van der Waals surface area contributed by atoms with Gasteiger partial charge in [0.1, 0.15) is 6.04 Å². The predicted octanol–water partition coefficient (Wildman–Crippen LogP) is 0.756. The van der Waals surface area contributed by atoms with E-state index in [1.54, 1.807) is 18.7 Å². The molecule has 2 rings (SSSR count). The Kier molecular flexibility index (Phi) is 6.09. The number of hydrogen-bond acceptors (Lipinski definition) is 6. The van der Waals surface area contributed by atoms with Gasteiger partial charge < -0.3 is 9.64 Å². The molecular formula is C15H21N3O6S. The SMILES string of the molecule is CC(C)[C@H](NS(=O)(=O)c1cccc([N+](=O)[O-])c1)C(=O)N1CCOCC1. The summed E-state index contributed by atoms with van der Waals surface area (Å²) < 4.78 is 32.7. The maximum Gasteiger partial charge on any atom is 0.270 e. The first-order valence-corrected chi connectivity index (χ1v) is 9.34. The van der Waals surface area contributed by atoms with Gasteiger partial charge in [0.2, 0.25) is 15.9 Å². The summed E-state index contributed by atoms with van der Waals surface area (Å²) in [6.45, 7) is 5.10. The smallest absolute Gasteiger partial charge is 0.270 e. The molecule has 1 amide bonds. The number of rotatable bonds is 6. The third kappa shape index (κ3) is 4.74. The topological polar surface area (TPSA) is 119 Å². The van der Waals surface area contributed by atoms with Crippen molar-refractivity contribution in [2.75, 3.05) is 26.3 Å². The lowest BCUT2D eigenvalue weighted by Crippen LogP contribution is -2.53. The van der Waals surface area contributed by atoms with E-state index in [-0.39, 0.29) is 22.4 Å². The molecule has 1 aromatic rings. The number of amides is 1. The Morgan fingerprint density at radius 1 is 1.32 bits per heavy atom. The Labute approximate surface area is 146 Å². The van der Waals surface area contributed by atoms with Crippen LogP contribution >= 0.6 is 0 Å². The van der Waals surface area contributed by atoms with Crippen molar-refractivity contribution < 1.29 is 22.9 Å². The molecule has 1 fully saturated rings. The zero-order valence-corrected chi connectivity index (χ0v) is 14.9. The van der Waals surface area contributed by atoms with Crippen LogP contribution in [0.5, 0.6) is 0 Å². The zero-order chi connectivity index (χ0) is 18.6. The Morgan fingerprint density at radius 3 is 2.52 bits per heavy atom. The maximum absolute atomic E-state index is 12.7. The Morgan fingerprint density at radius 2 is 1.96 bits per heavy atom. The molecule has 1 aromatic carbocycles. The third-order valence-electron chi connectivity index (χ3n) is 3.88. The lowest BCUT2D eigenvalue weighted by Gasteiger charge is -2.32. The first-order chi connectivity index (χ1) is 11.7. The molecule has 0 spiro atoms. The average molecular weight is 371 g/mol. The van der Waals surface area contributed by atoms with Crippen LogP contribution in [0.4, 0.5) is 5.69 Å². The highest BCUT2D eigenvalue weighted by molar-refractivity contribution is 7.89. The molecule has 1 atom stereocenters. The van der Waals surface area contributed by atoms with Crippen molar-refractivity contribution >= 4 is 21.6 Å². The standard InChI is InChI=1S/C15H21N3O6S/c1-11(2)14(15(19)17-6-8-24-9-7-17)16-25(22,23)13-5-3-4-12(10-13)18(20)21/h3-5,10-11,14,16H,6-9H2,1-2H3/t14-/m0/s1. The van der Waals surface area contributed by atoms with Crippen LogP contribution in [0.15, 0.2) is 29.2 Å². The van der Waals surface area contributed by atoms with E-state index in [9.17, 15) is 23.3 Å². The second-order valence-corrected chi connectivity index (χ2v) is 7.75. The molecule has 0 aliphatic carbocycles. The number of carbonyl (C=O) groups is 1. The number of carbonyl (C=O) groups excluding carboxylic acids is 1. The number of ether oxygens (including phenoxy) is 1. The van der Waals surface area contributed by atoms with Gasteiger partial charge >= 0.3 is 0 Å². The van der Waals surface area contributed by atoms with E-state index in [1.807, 2.05) is 0 Å². The molecular weight excluding hydrogens is 350 g/mol. The zero-order valence-electron chi connectivity index (χ0n) is 14.0. The van der Waals surface area contributed by atoms with Gasteiger partial charge in [-0.3, -0.25) is 14.9 Å². The fraction of sp³-hybridized carbons (Fsp3) is 0.533. The number of nitrogens with zero attached hydrogens (tertiary/aromatic N) is 2. The number of morpholine rings is 1. The van der Waals surface area contributed by atoms with Crippen LogP contribution in [-0.4, -0.2) is 56.5 Å². The molecule has 1 saturated heterocycles. The van der Waals surface area contributed by atoms with Crippen molar-refractivity contribution in [3.8, 4) is 0 Å². The number of hydrogen-bond donors (Lipinski definition) is 1. The average Bonchev–Trinajstić information content (AvgIpc) is 2.59. The van der Waals surface area contributed by atoms with Gasteiger partial charge in [-0.2, -0.15) is 4.72 Å². The maximum atomic E-state index is 12.7. The molecule has 0 saturated carbocycles. The number of non-ortho nitro benzene ring substituents is 1. The number of nitro benzene ring substituents is 1. The van der Waals surface area contributed by atoms with Crippen LogP contribution < -0.4 is 4.72 Å². The van der Waals surface area contributed by atoms with Crippen molar-refractivity contribution in [1.29, 1.82) is 0 Å². The largest absolute Gasteiger partial charge is 0.378 e. The van der Waals surface area contributed by atoms with E-state index in [0.717, 1.165) is 6.07 Å². The van der Waals surface area contributed by atoms with Gasteiger partial charge in [0, 0.05) is 25.2 Å². The summed E-state index contributed by atoms with van der Waals surface area (Å²) >= 11 is 0. The van der Waals surface area contributed by atoms with Crippen molar-refractivity contribution in [3.05, 3.63) is 34.4 Å². The van der Waals surface area contributed by atoms with E-state index < -0.39 is 21.0 Å². The molecule has 10 heteroatoms. The van der Waals surface area contributed by atoms with Crippen molar-refractivity contribution in [1.82, 2.24) is 9.62 Å². The van der Waals surface area contributed by atoms with Crippen molar-refractivity contribution in [2.45, 2.75) is 24.8 Å². The molecule has 9 nitrogen and oxygen atoms in total. The first kappa shape index (κ1) is 19.3. The van der Waals surface area contributed by atoms with Crippen molar-refractivity contribution in [2.24, 2.45) is 5.92 Å². The fourth-order valence-corrected chi connectivity index (χ4v) is 3.83. The van der Waals surface area contributed by atoms with Crippen molar-refractivity contribution in [3.63, 3.8) is 0 Å². The van der Waals surface area contributed by atoms with E-state index >= 15 is 0 Å².